The largest absolute Gasteiger partial charge is 0.490 e. The number of fused-ring (bicyclic) bond motifs is 1. The molecule has 4 rings (SSSR count). The minimum atomic E-state index is -0.268. The summed E-state index contributed by atoms with van der Waals surface area (Å²) in [4.78, 5) is 4.53. The number of halogens is 1. The Balaban J connectivity index is 1.64. The number of piperidine rings is 1. The first-order valence-corrected chi connectivity index (χ1v) is 9.67. The van der Waals surface area contributed by atoms with Crippen LogP contribution in [0.1, 0.15) is 12.8 Å². The molecule has 0 atom stereocenters. The number of benzene rings is 2. The molecule has 0 radical (unpaired) electrons. The van der Waals surface area contributed by atoms with E-state index in [1.165, 1.54) is 12.1 Å². The smallest absolute Gasteiger partial charge is 0.173 e. The predicted octanol–water partition coefficient (Wildman–Crippen LogP) is 4.02. The van der Waals surface area contributed by atoms with Gasteiger partial charge in [-0.3, -0.25) is 4.57 Å². The minimum Gasteiger partial charge on any atom is -0.490 e. The first-order valence-electron chi connectivity index (χ1n) is 8.44. The van der Waals surface area contributed by atoms with Gasteiger partial charge in [0.1, 0.15) is 17.7 Å². The van der Waals surface area contributed by atoms with Gasteiger partial charge in [-0.25, -0.2) is 9.37 Å². The van der Waals surface area contributed by atoms with Crippen molar-refractivity contribution in [3.8, 4) is 11.4 Å². The Morgan fingerprint density at radius 3 is 2.64 bits per heavy atom. The zero-order valence-corrected chi connectivity index (χ0v) is 14.9. The molecule has 0 amide bonds. The standard InChI is InChI=1S/C19H20FN3OS/c1-25-19-22-17-12-13(20)2-7-18(17)23(19)14-3-5-15(6-4-14)24-16-8-10-21-11-9-16/h2-7,12,16,21H,8-11H2,1H3. The van der Waals surface area contributed by atoms with E-state index in [1.807, 2.05) is 35.1 Å². The second-order valence-corrected chi connectivity index (χ2v) is 6.90. The molecule has 0 unspecified atom stereocenters. The van der Waals surface area contributed by atoms with Crippen molar-refractivity contribution in [2.24, 2.45) is 0 Å². The lowest BCUT2D eigenvalue weighted by Crippen LogP contribution is -2.34. The molecule has 0 aliphatic carbocycles. The van der Waals surface area contributed by atoms with Gasteiger partial charge in [0.05, 0.1) is 11.0 Å². The normalized spacial score (nSPS) is 15.6. The van der Waals surface area contributed by atoms with Crippen molar-refractivity contribution in [2.45, 2.75) is 24.1 Å². The maximum atomic E-state index is 13.5. The summed E-state index contributed by atoms with van der Waals surface area (Å²) in [6.07, 6.45) is 4.33. The van der Waals surface area contributed by atoms with E-state index in [0.717, 1.165) is 48.0 Å². The van der Waals surface area contributed by atoms with Crippen LogP contribution in [0.2, 0.25) is 0 Å². The van der Waals surface area contributed by atoms with Crippen molar-refractivity contribution in [3.63, 3.8) is 0 Å². The van der Waals surface area contributed by atoms with Crippen LogP contribution >= 0.6 is 11.8 Å². The van der Waals surface area contributed by atoms with Crippen LogP contribution in [-0.2, 0) is 0 Å². The SMILES string of the molecule is CSc1nc2cc(F)ccc2n1-c1ccc(OC2CCNCC2)cc1. The number of thioether (sulfide) groups is 1. The summed E-state index contributed by atoms with van der Waals surface area (Å²) in [6.45, 7) is 2.02. The summed E-state index contributed by atoms with van der Waals surface area (Å²) in [6, 6.07) is 12.8. The van der Waals surface area contributed by atoms with Crippen molar-refractivity contribution in [1.29, 1.82) is 0 Å². The van der Waals surface area contributed by atoms with Gasteiger partial charge in [0.2, 0.25) is 0 Å². The summed E-state index contributed by atoms with van der Waals surface area (Å²) in [5, 5.41) is 4.18. The monoisotopic (exact) mass is 357 g/mol. The van der Waals surface area contributed by atoms with Crippen LogP contribution in [0, 0.1) is 5.82 Å². The number of nitrogens with zero attached hydrogens (tertiary/aromatic N) is 2. The van der Waals surface area contributed by atoms with E-state index in [4.69, 9.17) is 4.74 Å². The van der Waals surface area contributed by atoms with Crippen LogP contribution in [0.25, 0.3) is 16.7 Å². The van der Waals surface area contributed by atoms with Gasteiger partial charge in [0, 0.05) is 11.8 Å². The Kier molecular flexibility index (Phi) is 4.63. The maximum absolute atomic E-state index is 13.5. The summed E-state index contributed by atoms with van der Waals surface area (Å²) in [5.74, 6) is 0.618. The maximum Gasteiger partial charge on any atom is 0.173 e. The number of rotatable bonds is 4. The lowest BCUT2D eigenvalue weighted by Gasteiger charge is -2.24. The molecular weight excluding hydrogens is 337 g/mol. The molecule has 0 spiro atoms. The summed E-state index contributed by atoms with van der Waals surface area (Å²) in [5.41, 5.74) is 2.56. The highest BCUT2D eigenvalue weighted by atomic mass is 32.2. The summed E-state index contributed by atoms with van der Waals surface area (Å²) in [7, 11) is 0. The first kappa shape index (κ1) is 16.4. The third-order valence-electron chi connectivity index (χ3n) is 4.45. The Labute approximate surface area is 150 Å². The molecule has 25 heavy (non-hydrogen) atoms. The highest BCUT2D eigenvalue weighted by Gasteiger charge is 2.15. The molecule has 4 nitrogen and oxygen atoms in total. The average Bonchev–Trinajstić information content (AvgIpc) is 3.01. The molecule has 1 saturated heterocycles. The fourth-order valence-corrected chi connectivity index (χ4v) is 3.77. The zero-order chi connectivity index (χ0) is 17.2. The van der Waals surface area contributed by atoms with Gasteiger partial charge in [-0.1, -0.05) is 11.8 Å². The van der Waals surface area contributed by atoms with Gasteiger partial charge in [-0.15, -0.1) is 0 Å². The molecule has 1 fully saturated rings. The van der Waals surface area contributed by atoms with Crippen molar-refractivity contribution < 1.29 is 9.13 Å². The molecule has 1 aliphatic rings. The van der Waals surface area contributed by atoms with E-state index in [2.05, 4.69) is 10.3 Å². The number of ether oxygens (including phenoxy) is 1. The van der Waals surface area contributed by atoms with Gasteiger partial charge in [-0.2, -0.15) is 0 Å². The highest BCUT2D eigenvalue weighted by molar-refractivity contribution is 7.98. The number of hydrogen-bond acceptors (Lipinski definition) is 4. The van der Waals surface area contributed by atoms with E-state index in [1.54, 1.807) is 17.8 Å². The molecular formula is C19H20FN3OS. The van der Waals surface area contributed by atoms with E-state index in [9.17, 15) is 4.39 Å². The molecule has 2 aromatic carbocycles. The zero-order valence-electron chi connectivity index (χ0n) is 14.0. The molecule has 130 valence electrons. The Morgan fingerprint density at radius 2 is 1.92 bits per heavy atom. The number of imidazole rings is 1. The molecule has 1 N–H and O–H groups in total. The molecule has 1 aromatic heterocycles. The van der Waals surface area contributed by atoms with Gasteiger partial charge in [0.15, 0.2) is 5.16 Å². The number of nitrogens with one attached hydrogen (secondary N) is 1. The van der Waals surface area contributed by atoms with Crippen molar-refractivity contribution in [3.05, 3.63) is 48.3 Å². The average molecular weight is 357 g/mol. The van der Waals surface area contributed by atoms with Crippen LogP contribution < -0.4 is 10.1 Å². The van der Waals surface area contributed by atoms with Gasteiger partial charge in [-0.05, 0) is 68.6 Å². The molecule has 0 bridgehead atoms. The number of hydrogen-bond donors (Lipinski definition) is 1. The fraction of sp³-hybridized carbons (Fsp3) is 0.316. The first-order chi connectivity index (χ1) is 12.2. The van der Waals surface area contributed by atoms with Gasteiger partial charge < -0.3 is 10.1 Å². The van der Waals surface area contributed by atoms with E-state index in [0.29, 0.717) is 5.52 Å². The predicted molar refractivity (Wildman–Crippen MR) is 99.3 cm³/mol. The van der Waals surface area contributed by atoms with Crippen molar-refractivity contribution in [2.75, 3.05) is 19.3 Å². The third-order valence-corrected chi connectivity index (χ3v) is 5.09. The molecule has 1 aliphatic heterocycles. The third kappa shape index (κ3) is 3.37. The van der Waals surface area contributed by atoms with Crippen LogP contribution in [-0.4, -0.2) is 35.0 Å². The van der Waals surface area contributed by atoms with Crippen LogP contribution in [0.15, 0.2) is 47.6 Å². The Morgan fingerprint density at radius 1 is 1.16 bits per heavy atom. The van der Waals surface area contributed by atoms with Crippen LogP contribution in [0.5, 0.6) is 5.75 Å². The highest BCUT2D eigenvalue weighted by Crippen LogP contribution is 2.28. The quantitative estimate of drug-likeness (QED) is 0.716. The van der Waals surface area contributed by atoms with E-state index < -0.39 is 0 Å². The van der Waals surface area contributed by atoms with Crippen LogP contribution in [0.3, 0.4) is 0 Å². The Bertz CT molecular complexity index is 872. The van der Waals surface area contributed by atoms with E-state index in [-0.39, 0.29) is 11.9 Å². The minimum absolute atomic E-state index is 0.268. The summed E-state index contributed by atoms with van der Waals surface area (Å²) >= 11 is 1.55. The topological polar surface area (TPSA) is 39.1 Å². The van der Waals surface area contributed by atoms with Crippen LogP contribution in [0.4, 0.5) is 4.39 Å². The lowest BCUT2D eigenvalue weighted by atomic mass is 10.1. The molecule has 3 aromatic rings. The van der Waals surface area contributed by atoms with E-state index >= 15 is 0 Å². The fourth-order valence-electron chi connectivity index (χ4n) is 3.20. The Hall–Kier alpha value is -2.05. The van der Waals surface area contributed by atoms with Gasteiger partial charge in [0.25, 0.3) is 0 Å². The molecule has 2 heterocycles. The van der Waals surface area contributed by atoms with Crippen molar-refractivity contribution in [1.82, 2.24) is 14.9 Å². The summed E-state index contributed by atoms with van der Waals surface area (Å²) < 4.78 is 21.6. The molecule has 6 heteroatoms. The van der Waals surface area contributed by atoms with Gasteiger partial charge >= 0.3 is 0 Å². The second-order valence-electron chi connectivity index (χ2n) is 6.13. The van der Waals surface area contributed by atoms with Crippen molar-refractivity contribution >= 4 is 22.8 Å². The second kappa shape index (κ2) is 7.06. The molecule has 0 saturated carbocycles. The number of aromatic nitrogens is 2. The lowest BCUT2D eigenvalue weighted by molar-refractivity contribution is 0.162.